The van der Waals surface area contributed by atoms with Crippen LogP contribution in [-0.4, -0.2) is 39.6 Å². The van der Waals surface area contributed by atoms with E-state index in [1.54, 1.807) is 12.4 Å². The van der Waals surface area contributed by atoms with E-state index >= 15 is 0 Å². The van der Waals surface area contributed by atoms with Crippen LogP contribution in [0.5, 0.6) is 5.75 Å². The molecule has 2 aromatic rings. The second-order valence-electron chi connectivity index (χ2n) is 6.32. The number of pyridine rings is 1. The Morgan fingerprint density at radius 3 is 2.34 bits per heavy atom. The summed E-state index contributed by atoms with van der Waals surface area (Å²) in [7, 11) is 0. The number of aliphatic hydroxyl groups excluding tert-OH is 1. The Hall–Kier alpha value is -2.52. The minimum atomic E-state index is -5.08. The van der Waals surface area contributed by atoms with Gasteiger partial charge < -0.3 is 20.3 Å². The van der Waals surface area contributed by atoms with Crippen molar-refractivity contribution in [2.75, 3.05) is 5.32 Å². The third-order valence-corrected chi connectivity index (χ3v) is 4.40. The number of anilines is 2. The van der Waals surface area contributed by atoms with Gasteiger partial charge >= 0.3 is 12.1 Å². The van der Waals surface area contributed by atoms with Gasteiger partial charge in [0.2, 0.25) is 0 Å². The summed E-state index contributed by atoms with van der Waals surface area (Å²) in [5.74, 6) is -1.98. The molecular formula is C19H20ClF3N2O4. The van der Waals surface area contributed by atoms with E-state index in [0.717, 1.165) is 42.8 Å². The van der Waals surface area contributed by atoms with Gasteiger partial charge in [0, 0.05) is 18.1 Å². The quantitative estimate of drug-likeness (QED) is 0.643. The Bertz CT molecular complexity index is 803. The van der Waals surface area contributed by atoms with Gasteiger partial charge in [-0.1, -0.05) is 18.0 Å². The van der Waals surface area contributed by atoms with Crippen LogP contribution in [0.4, 0.5) is 24.5 Å². The zero-order valence-electron chi connectivity index (χ0n) is 15.2. The second kappa shape index (κ2) is 10.3. The second-order valence-corrected chi connectivity index (χ2v) is 6.72. The molecule has 0 radical (unpaired) electrons. The average Bonchev–Trinajstić information content (AvgIpc) is 2.67. The molecule has 1 aromatic heterocycles. The van der Waals surface area contributed by atoms with Crippen LogP contribution in [0.15, 0.2) is 42.7 Å². The predicted molar refractivity (Wildman–Crippen MR) is 102 cm³/mol. The molecule has 0 saturated heterocycles. The highest BCUT2D eigenvalue weighted by molar-refractivity contribution is 6.33. The van der Waals surface area contributed by atoms with Crippen LogP contribution in [-0.2, 0) is 4.79 Å². The molecule has 1 aromatic carbocycles. The smallest absolute Gasteiger partial charge is 0.488 e. The number of alkyl halides is 3. The standard InChI is InChI=1S/C17H19ClN2O2.C2HF3O2/c18-14-11-19-10-9-15(14)20-12-5-7-13(8-6-12)22-17-4-2-1-3-16(17)21;3-2(4,5)1(6)7/h5-11,16-17,21H,1-4H2,(H,19,20);(H,6,7)/t16-,17-;/m1./s1. The highest BCUT2D eigenvalue weighted by Crippen LogP contribution is 2.27. The lowest BCUT2D eigenvalue weighted by Gasteiger charge is -2.28. The van der Waals surface area contributed by atoms with Crippen LogP contribution in [0.2, 0.25) is 5.02 Å². The van der Waals surface area contributed by atoms with Gasteiger partial charge in [-0.2, -0.15) is 13.2 Å². The summed E-state index contributed by atoms with van der Waals surface area (Å²) in [6.07, 6.45) is 1.68. The molecule has 0 amide bonds. The number of carboxylic acid groups (broad SMARTS) is 1. The van der Waals surface area contributed by atoms with Crippen LogP contribution < -0.4 is 10.1 Å². The maximum atomic E-state index is 10.6. The third-order valence-electron chi connectivity index (χ3n) is 4.10. The number of carboxylic acids is 1. The number of ether oxygens (including phenoxy) is 1. The first-order valence-electron chi connectivity index (χ1n) is 8.78. The molecule has 2 atom stereocenters. The summed E-state index contributed by atoms with van der Waals surface area (Å²) >= 11 is 6.07. The monoisotopic (exact) mass is 432 g/mol. The molecule has 0 aliphatic heterocycles. The van der Waals surface area contributed by atoms with Gasteiger partial charge in [-0.3, -0.25) is 4.98 Å². The van der Waals surface area contributed by atoms with Crippen molar-refractivity contribution in [1.82, 2.24) is 4.98 Å². The predicted octanol–water partition coefficient (Wildman–Crippen LogP) is 4.79. The lowest BCUT2D eigenvalue weighted by molar-refractivity contribution is -0.192. The lowest BCUT2D eigenvalue weighted by Crippen LogP contribution is -2.34. The highest BCUT2D eigenvalue weighted by atomic mass is 35.5. The van der Waals surface area contributed by atoms with Crippen molar-refractivity contribution in [1.29, 1.82) is 0 Å². The van der Waals surface area contributed by atoms with E-state index in [1.165, 1.54) is 0 Å². The average molecular weight is 433 g/mol. The van der Waals surface area contributed by atoms with E-state index in [0.29, 0.717) is 5.02 Å². The molecule has 6 nitrogen and oxygen atoms in total. The summed E-state index contributed by atoms with van der Waals surface area (Å²) in [4.78, 5) is 12.9. The first-order valence-corrected chi connectivity index (χ1v) is 9.16. The molecule has 0 spiro atoms. The number of nitrogens with zero attached hydrogens (tertiary/aromatic N) is 1. The number of benzene rings is 1. The van der Waals surface area contributed by atoms with E-state index in [2.05, 4.69) is 10.3 Å². The SMILES string of the molecule is O=C(O)C(F)(F)F.O[C@@H]1CCCC[C@H]1Oc1ccc(Nc2ccncc2Cl)cc1. The van der Waals surface area contributed by atoms with Crippen molar-refractivity contribution in [2.45, 2.75) is 44.1 Å². The van der Waals surface area contributed by atoms with Crippen LogP contribution in [0, 0.1) is 0 Å². The highest BCUT2D eigenvalue weighted by Gasteiger charge is 2.38. The number of carbonyl (C=O) groups is 1. The van der Waals surface area contributed by atoms with Crippen molar-refractivity contribution in [2.24, 2.45) is 0 Å². The zero-order chi connectivity index (χ0) is 21.4. The number of hydrogen-bond acceptors (Lipinski definition) is 5. The lowest BCUT2D eigenvalue weighted by atomic mass is 9.95. The minimum absolute atomic E-state index is 0.0952. The fraction of sp³-hybridized carbons (Fsp3) is 0.368. The Morgan fingerprint density at radius 1 is 1.17 bits per heavy atom. The molecule has 3 rings (SSSR count). The molecule has 1 heterocycles. The van der Waals surface area contributed by atoms with Crippen molar-refractivity contribution in [3.05, 3.63) is 47.7 Å². The molecule has 10 heteroatoms. The Kier molecular flexibility index (Phi) is 8.10. The number of aliphatic hydroxyl groups is 1. The molecule has 29 heavy (non-hydrogen) atoms. The van der Waals surface area contributed by atoms with E-state index < -0.39 is 12.1 Å². The molecule has 0 unspecified atom stereocenters. The number of nitrogens with one attached hydrogen (secondary N) is 1. The van der Waals surface area contributed by atoms with Crippen LogP contribution in [0.3, 0.4) is 0 Å². The van der Waals surface area contributed by atoms with Gasteiger partial charge in [0.15, 0.2) is 0 Å². The summed E-state index contributed by atoms with van der Waals surface area (Å²) in [6.45, 7) is 0. The first kappa shape index (κ1) is 22.8. The van der Waals surface area contributed by atoms with Crippen LogP contribution in [0.1, 0.15) is 25.7 Å². The fourth-order valence-corrected chi connectivity index (χ4v) is 2.81. The van der Waals surface area contributed by atoms with Crippen molar-refractivity contribution in [3.63, 3.8) is 0 Å². The Morgan fingerprint density at radius 2 is 1.79 bits per heavy atom. The van der Waals surface area contributed by atoms with Gasteiger partial charge in [0.05, 0.1) is 16.8 Å². The molecule has 158 valence electrons. The summed E-state index contributed by atoms with van der Waals surface area (Å²) < 4.78 is 37.6. The van der Waals surface area contributed by atoms with Crippen molar-refractivity contribution < 1.29 is 32.9 Å². The Labute approximate surface area is 170 Å². The van der Waals surface area contributed by atoms with Crippen molar-refractivity contribution >= 4 is 28.9 Å². The normalized spacial score (nSPS) is 18.9. The number of hydrogen-bond donors (Lipinski definition) is 3. The van der Waals surface area contributed by atoms with Gasteiger partial charge in [0.25, 0.3) is 0 Å². The maximum Gasteiger partial charge on any atom is 0.490 e. The van der Waals surface area contributed by atoms with E-state index in [9.17, 15) is 18.3 Å². The number of aromatic nitrogens is 1. The molecule has 1 fully saturated rings. The van der Waals surface area contributed by atoms with Crippen LogP contribution in [0.25, 0.3) is 0 Å². The summed E-state index contributed by atoms with van der Waals surface area (Å²) in [5.41, 5.74) is 1.73. The third kappa shape index (κ3) is 7.43. The number of halogens is 4. The minimum Gasteiger partial charge on any atom is -0.488 e. The summed E-state index contributed by atoms with van der Waals surface area (Å²) in [6, 6.07) is 9.49. The van der Waals surface area contributed by atoms with Crippen LogP contribution >= 0.6 is 11.6 Å². The number of rotatable bonds is 4. The first-order chi connectivity index (χ1) is 13.7. The van der Waals surface area contributed by atoms with E-state index in [-0.39, 0.29) is 12.2 Å². The van der Waals surface area contributed by atoms with E-state index in [1.807, 2.05) is 30.3 Å². The van der Waals surface area contributed by atoms with Gasteiger partial charge in [-0.05, 0) is 49.6 Å². The van der Waals surface area contributed by atoms with Gasteiger partial charge in [0.1, 0.15) is 11.9 Å². The molecule has 1 saturated carbocycles. The van der Waals surface area contributed by atoms with E-state index in [4.69, 9.17) is 26.2 Å². The molecule has 0 bridgehead atoms. The fourth-order valence-electron chi connectivity index (χ4n) is 2.64. The largest absolute Gasteiger partial charge is 0.490 e. The topological polar surface area (TPSA) is 91.7 Å². The molecule has 1 aliphatic carbocycles. The Balaban J connectivity index is 0.000000370. The number of aliphatic carboxylic acids is 1. The maximum absolute atomic E-state index is 10.6. The summed E-state index contributed by atoms with van der Waals surface area (Å²) in [5, 5.41) is 20.9. The van der Waals surface area contributed by atoms with Crippen molar-refractivity contribution in [3.8, 4) is 5.75 Å². The molecule has 1 aliphatic rings. The van der Waals surface area contributed by atoms with Gasteiger partial charge in [-0.25, -0.2) is 4.79 Å². The molecular weight excluding hydrogens is 413 g/mol. The zero-order valence-corrected chi connectivity index (χ0v) is 16.0. The molecule has 3 N–H and O–H groups in total. The van der Waals surface area contributed by atoms with Gasteiger partial charge in [-0.15, -0.1) is 0 Å².